The van der Waals surface area contributed by atoms with Crippen LogP contribution in [0.4, 0.5) is 0 Å². The van der Waals surface area contributed by atoms with Crippen molar-refractivity contribution in [1.29, 1.82) is 0 Å². The second-order valence-electron chi connectivity index (χ2n) is 15.4. The van der Waals surface area contributed by atoms with Crippen LogP contribution in [-0.2, 0) is 11.3 Å². The number of hydrogen-bond acceptors (Lipinski definition) is 3. The number of aliphatic hydroxyl groups is 1. The van der Waals surface area contributed by atoms with Crippen LogP contribution in [0.15, 0.2) is 42.0 Å². The van der Waals surface area contributed by atoms with Crippen molar-refractivity contribution in [2.75, 3.05) is 6.54 Å². The first-order valence-corrected chi connectivity index (χ1v) is 15.7. The van der Waals surface area contributed by atoms with E-state index in [1.165, 1.54) is 69.9 Å². The van der Waals surface area contributed by atoms with Crippen LogP contribution in [0.1, 0.15) is 83.6 Å². The molecule has 12 atom stereocenters. The Balaban J connectivity index is 1.03. The predicted molar refractivity (Wildman–Crippen MR) is 145 cm³/mol. The number of rotatable bonds is 2. The van der Waals surface area contributed by atoms with Crippen LogP contribution >= 0.6 is 0 Å². The van der Waals surface area contributed by atoms with Crippen molar-refractivity contribution >= 4 is 0 Å². The number of piperidine rings is 1. The third kappa shape index (κ3) is 2.57. The summed E-state index contributed by atoms with van der Waals surface area (Å²) in [4.78, 5) is 2.85. The third-order valence-electron chi connectivity index (χ3n) is 14.2. The van der Waals surface area contributed by atoms with Gasteiger partial charge in [-0.15, -0.1) is 0 Å². The monoisotopic (exact) mass is 499 g/mol. The number of aliphatic hydroxyl groups excluding tert-OH is 1. The first kappa shape index (κ1) is 22.6. The molecule has 5 saturated carbocycles. The van der Waals surface area contributed by atoms with E-state index in [0.717, 1.165) is 42.6 Å². The molecule has 2 saturated heterocycles. The van der Waals surface area contributed by atoms with E-state index < -0.39 is 0 Å². The fourth-order valence-electron chi connectivity index (χ4n) is 12.9. The highest BCUT2D eigenvalue weighted by atomic mass is 16.5. The van der Waals surface area contributed by atoms with Crippen LogP contribution in [0.25, 0.3) is 0 Å². The van der Waals surface area contributed by atoms with Crippen molar-refractivity contribution in [3.63, 3.8) is 0 Å². The second-order valence-corrected chi connectivity index (χ2v) is 15.4. The second kappa shape index (κ2) is 7.12. The van der Waals surface area contributed by atoms with Gasteiger partial charge in [0.15, 0.2) is 0 Å². The molecule has 1 N–H and O–H groups in total. The van der Waals surface area contributed by atoms with Crippen molar-refractivity contribution in [3.8, 4) is 0 Å². The SMILES string of the molecule is C[C@H]1C[C@H]2O[C@@]34CC[C@H]5C6CCC7=C[C@@H](O)CCC7(C)[C@H]6CC56CC63C[C@@H]4[C@@H]2N(Cc2ccccc2)C1. The highest BCUT2D eigenvalue weighted by Gasteiger charge is 2.91. The molecule has 8 aliphatic rings. The smallest absolute Gasteiger partial charge is 0.0793 e. The molecule has 198 valence electrons. The molecule has 7 fully saturated rings. The average Bonchev–Trinajstić information content (AvgIpc) is 3.36. The Morgan fingerprint density at radius 1 is 1.03 bits per heavy atom. The van der Waals surface area contributed by atoms with Gasteiger partial charge in [0.25, 0.3) is 0 Å². The maximum atomic E-state index is 10.4. The quantitative estimate of drug-likeness (QED) is 0.481. The minimum atomic E-state index is -0.194. The average molecular weight is 500 g/mol. The number of allylic oxidation sites excluding steroid dienone is 1. The molecule has 3 heteroatoms. The van der Waals surface area contributed by atoms with Crippen molar-refractivity contribution in [2.24, 2.45) is 45.8 Å². The van der Waals surface area contributed by atoms with E-state index in [1.54, 1.807) is 5.57 Å². The molecule has 2 aliphatic heterocycles. The molecule has 1 aromatic rings. The lowest BCUT2D eigenvalue weighted by atomic mass is 9.47. The van der Waals surface area contributed by atoms with Crippen LogP contribution in [0.3, 0.4) is 0 Å². The Labute approximate surface area is 223 Å². The van der Waals surface area contributed by atoms with E-state index in [4.69, 9.17) is 4.74 Å². The highest BCUT2D eigenvalue weighted by Crippen LogP contribution is 2.93. The third-order valence-corrected chi connectivity index (χ3v) is 14.2. The number of nitrogens with zero attached hydrogens (tertiary/aromatic N) is 1. The maximum Gasteiger partial charge on any atom is 0.0793 e. The lowest BCUT2D eigenvalue weighted by Crippen LogP contribution is -2.64. The van der Waals surface area contributed by atoms with Gasteiger partial charge in [-0.25, -0.2) is 0 Å². The van der Waals surface area contributed by atoms with Gasteiger partial charge in [-0.1, -0.05) is 55.8 Å². The summed E-state index contributed by atoms with van der Waals surface area (Å²) in [5.41, 5.74) is 4.69. The number of likely N-dealkylation sites (tertiary alicyclic amines) is 1. The van der Waals surface area contributed by atoms with Crippen molar-refractivity contribution in [2.45, 2.75) is 108 Å². The van der Waals surface area contributed by atoms with Crippen molar-refractivity contribution in [1.82, 2.24) is 4.90 Å². The zero-order chi connectivity index (χ0) is 24.8. The Morgan fingerprint density at radius 3 is 2.76 bits per heavy atom. The van der Waals surface area contributed by atoms with Gasteiger partial charge in [-0.05, 0) is 104 Å². The number of benzene rings is 1. The van der Waals surface area contributed by atoms with Gasteiger partial charge in [-0.2, -0.15) is 0 Å². The molecule has 0 bridgehead atoms. The molecule has 3 spiro atoms. The Bertz CT molecular complexity index is 1160. The largest absolute Gasteiger partial charge is 0.389 e. The standard InChI is InChI=1S/C34H45NO2/c1-21-14-29-30(35(18-21)19-22-6-4-3-5-7-22)28-17-33-20-32(33)16-27-25(26(32)11-13-34(28,33)37-29)9-8-23-15-24(36)10-12-31(23,27)2/h3-7,15,21,24-30,36H,8-14,16-20H2,1-2H3/t21-,24-,25?,26-,27-,28+,29+,30-,31?,32?,33?,34+/m0/s1. The summed E-state index contributed by atoms with van der Waals surface area (Å²) < 4.78 is 7.45. The maximum absolute atomic E-state index is 10.4. The predicted octanol–water partition coefficient (Wildman–Crippen LogP) is 6.36. The summed E-state index contributed by atoms with van der Waals surface area (Å²) >= 11 is 0. The number of ether oxygens (including phenoxy) is 1. The lowest BCUT2D eigenvalue weighted by molar-refractivity contribution is -0.211. The topological polar surface area (TPSA) is 32.7 Å². The Morgan fingerprint density at radius 2 is 1.89 bits per heavy atom. The Kier molecular flexibility index (Phi) is 4.36. The number of fused-ring (bicyclic) bond motifs is 6. The van der Waals surface area contributed by atoms with Crippen LogP contribution < -0.4 is 0 Å². The fourth-order valence-corrected chi connectivity index (χ4v) is 12.9. The van der Waals surface area contributed by atoms with Crippen molar-refractivity contribution < 1.29 is 9.84 Å². The van der Waals surface area contributed by atoms with Crippen LogP contribution in [0.5, 0.6) is 0 Å². The molecule has 9 rings (SSSR count). The molecule has 6 aliphatic carbocycles. The molecule has 1 aromatic carbocycles. The molecule has 0 amide bonds. The van der Waals surface area contributed by atoms with E-state index in [9.17, 15) is 5.11 Å². The molecule has 0 radical (unpaired) electrons. The van der Waals surface area contributed by atoms with Gasteiger partial charge in [0, 0.05) is 30.5 Å². The molecule has 4 unspecified atom stereocenters. The summed E-state index contributed by atoms with van der Waals surface area (Å²) in [6, 6.07) is 11.8. The minimum absolute atomic E-state index is 0.188. The van der Waals surface area contributed by atoms with Gasteiger partial charge >= 0.3 is 0 Å². The van der Waals surface area contributed by atoms with Crippen LogP contribution in [0, 0.1) is 45.8 Å². The molecule has 3 nitrogen and oxygen atoms in total. The lowest BCUT2D eigenvalue weighted by Gasteiger charge is -2.60. The zero-order valence-electron chi connectivity index (χ0n) is 22.9. The summed E-state index contributed by atoms with van der Waals surface area (Å²) in [5.74, 6) is 4.19. The Hall–Kier alpha value is -1.16. The van der Waals surface area contributed by atoms with Gasteiger partial charge in [0.2, 0.25) is 0 Å². The molecular formula is C34H45NO2. The molecule has 37 heavy (non-hydrogen) atoms. The minimum Gasteiger partial charge on any atom is -0.389 e. The first-order chi connectivity index (χ1) is 17.9. The highest BCUT2D eigenvalue weighted by molar-refractivity contribution is 5.42. The first-order valence-electron chi connectivity index (χ1n) is 15.7. The van der Waals surface area contributed by atoms with Gasteiger partial charge < -0.3 is 9.84 Å². The molecule has 0 aromatic heterocycles. The normalized spacial score (nSPS) is 56.9. The van der Waals surface area contributed by atoms with E-state index >= 15 is 0 Å². The van der Waals surface area contributed by atoms with E-state index in [0.29, 0.717) is 28.4 Å². The summed E-state index contributed by atoms with van der Waals surface area (Å²) in [6.07, 6.45) is 15.7. The fraction of sp³-hybridized carbons (Fsp3) is 0.765. The number of hydrogen-bond donors (Lipinski definition) is 1. The van der Waals surface area contributed by atoms with Gasteiger partial charge in [-0.3, -0.25) is 4.90 Å². The van der Waals surface area contributed by atoms with E-state index in [2.05, 4.69) is 55.2 Å². The van der Waals surface area contributed by atoms with Crippen molar-refractivity contribution in [3.05, 3.63) is 47.5 Å². The zero-order valence-corrected chi connectivity index (χ0v) is 22.9. The van der Waals surface area contributed by atoms with E-state index in [-0.39, 0.29) is 11.7 Å². The summed E-state index contributed by atoms with van der Waals surface area (Å²) in [5, 5.41) is 10.4. The van der Waals surface area contributed by atoms with Crippen LogP contribution in [0.2, 0.25) is 0 Å². The van der Waals surface area contributed by atoms with Gasteiger partial charge in [0.05, 0.1) is 17.8 Å². The summed E-state index contributed by atoms with van der Waals surface area (Å²) in [6.45, 7) is 7.37. The summed E-state index contributed by atoms with van der Waals surface area (Å²) in [7, 11) is 0. The molecular weight excluding hydrogens is 454 g/mol. The molecule has 2 heterocycles. The van der Waals surface area contributed by atoms with Gasteiger partial charge in [0.1, 0.15) is 0 Å². The van der Waals surface area contributed by atoms with E-state index in [1.807, 2.05) is 0 Å². The van der Waals surface area contributed by atoms with Crippen LogP contribution in [-0.4, -0.2) is 40.4 Å².